The molecular formula is C14H20. The van der Waals surface area contributed by atoms with E-state index in [0.717, 1.165) is 12.8 Å². The zero-order valence-electron chi connectivity index (χ0n) is 9.56. The fourth-order valence-corrected chi connectivity index (χ4v) is 1.76. The van der Waals surface area contributed by atoms with Gasteiger partial charge in [-0.3, -0.25) is 0 Å². The minimum absolute atomic E-state index is 1.12. The van der Waals surface area contributed by atoms with Gasteiger partial charge in [0.1, 0.15) is 0 Å². The molecule has 0 amide bonds. The van der Waals surface area contributed by atoms with Crippen molar-refractivity contribution in [2.24, 2.45) is 0 Å². The molecule has 0 heteroatoms. The predicted molar refractivity (Wildman–Crippen MR) is 64.5 cm³/mol. The van der Waals surface area contributed by atoms with Crippen LogP contribution in [0, 0.1) is 0 Å². The Hall–Kier alpha value is -1.04. The van der Waals surface area contributed by atoms with Crippen LogP contribution in [0.4, 0.5) is 0 Å². The summed E-state index contributed by atoms with van der Waals surface area (Å²) in [6.07, 6.45) is 3.48. The molecule has 0 heterocycles. The monoisotopic (exact) mass is 188 g/mol. The van der Waals surface area contributed by atoms with E-state index in [1.165, 1.54) is 28.7 Å². The number of benzene rings is 1. The van der Waals surface area contributed by atoms with Crippen molar-refractivity contribution in [2.75, 3.05) is 0 Å². The van der Waals surface area contributed by atoms with E-state index in [0.29, 0.717) is 0 Å². The molecule has 0 radical (unpaired) electrons. The van der Waals surface area contributed by atoms with Crippen LogP contribution in [-0.4, -0.2) is 0 Å². The quantitative estimate of drug-likeness (QED) is 0.663. The summed E-state index contributed by atoms with van der Waals surface area (Å²) in [6.45, 7) is 10.5. The lowest BCUT2D eigenvalue weighted by molar-refractivity contribution is 0.913. The summed E-state index contributed by atoms with van der Waals surface area (Å²) in [5.74, 6) is 0. The number of aryl methyl sites for hydroxylation is 2. The van der Waals surface area contributed by atoms with E-state index in [4.69, 9.17) is 0 Å². The number of allylic oxidation sites excluding steroid dienone is 1. The Kier molecular flexibility index (Phi) is 3.94. The highest BCUT2D eigenvalue weighted by molar-refractivity contribution is 5.65. The minimum atomic E-state index is 1.12. The lowest BCUT2D eigenvalue weighted by Crippen LogP contribution is -1.93. The summed E-state index contributed by atoms with van der Waals surface area (Å²) >= 11 is 0. The normalized spacial score (nSPS) is 10.2. The van der Waals surface area contributed by atoms with E-state index >= 15 is 0 Å². The first kappa shape index (κ1) is 11.0. The summed E-state index contributed by atoms with van der Waals surface area (Å²) in [7, 11) is 0. The maximum atomic E-state index is 4.02. The minimum Gasteiger partial charge on any atom is -0.0955 e. The van der Waals surface area contributed by atoms with E-state index in [9.17, 15) is 0 Å². The SMILES string of the molecule is C=C(C)c1ccc(CC)cc1CCC. The van der Waals surface area contributed by atoms with Crippen molar-refractivity contribution in [2.45, 2.75) is 40.0 Å². The van der Waals surface area contributed by atoms with Gasteiger partial charge in [-0.2, -0.15) is 0 Å². The molecule has 0 aromatic heterocycles. The van der Waals surface area contributed by atoms with Crippen LogP contribution in [0.1, 0.15) is 43.9 Å². The maximum absolute atomic E-state index is 4.02. The molecule has 0 aliphatic heterocycles. The Balaban J connectivity index is 3.10. The molecule has 0 spiro atoms. The van der Waals surface area contributed by atoms with E-state index < -0.39 is 0 Å². The third-order valence-corrected chi connectivity index (χ3v) is 2.56. The molecule has 0 unspecified atom stereocenters. The van der Waals surface area contributed by atoms with E-state index in [1.807, 2.05) is 0 Å². The van der Waals surface area contributed by atoms with Gasteiger partial charge in [-0.25, -0.2) is 0 Å². The Morgan fingerprint density at radius 2 is 2.00 bits per heavy atom. The van der Waals surface area contributed by atoms with E-state index in [1.54, 1.807) is 0 Å². The number of rotatable bonds is 4. The first-order valence-corrected chi connectivity index (χ1v) is 5.46. The van der Waals surface area contributed by atoms with Crippen molar-refractivity contribution in [3.05, 3.63) is 41.5 Å². The van der Waals surface area contributed by atoms with Gasteiger partial charge in [0.15, 0.2) is 0 Å². The zero-order chi connectivity index (χ0) is 10.6. The lowest BCUT2D eigenvalue weighted by Gasteiger charge is -2.10. The molecule has 0 fully saturated rings. The van der Waals surface area contributed by atoms with Crippen LogP contribution < -0.4 is 0 Å². The van der Waals surface area contributed by atoms with Gasteiger partial charge >= 0.3 is 0 Å². The topological polar surface area (TPSA) is 0 Å². The second-order valence-corrected chi connectivity index (χ2v) is 3.88. The van der Waals surface area contributed by atoms with Crippen LogP contribution in [0.3, 0.4) is 0 Å². The van der Waals surface area contributed by atoms with Crippen molar-refractivity contribution in [1.29, 1.82) is 0 Å². The van der Waals surface area contributed by atoms with Gasteiger partial charge in [0, 0.05) is 0 Å². The molecule has 0 N–H and O–H groups in total. The van der Waals surface area contributed by atoms with Crippen LogP contribution in [0.25, 0.3) is 5.57 Å². The fraction of sp³-hybridized carbons (Fsp3) is 0.429. The molecule has 0 aliphatic carbocycles. The number of hydrogen-bond acceptors (Lipinski definition) is 0. The van der Waals surface area contributed by atoms with Gasteiger partial charge in [0.2, 0.25) is 0 Å². The van der Waals surface area contributed by atoms with Gasteiger partial charge in [0.05, 0.1) is 0 Å². The summed E-state index contributed by atoms with van der Waals surface area (Å²) in [4.78, 5) is 0. The Morgan fingerprint density at radius 3 is 2.50 bits per heavy atom. The molecule has 14 heavy (non-hydrogen) atoms. The lowest BCUT2D eigenvalue weighted by atomic mass is 9.95. The number of hydrogen-bond donors (Lipinski definition) is 0. The molecule has 1 aromatic carbocycles. The highest BCUT2D eigenvalue weighted by Gasteiger charge is 2.02. The molecule has 0 atom stereocenters. The second-order valence-electron chi connectivity index (χ2n) is 3.88. The molecule has 0 nitrogen and oxygen atoms in total. The first-order valence-electron chi connectivity index (χ1n) is 5.46. The average Bonchev–Trinajstić information content (AvgIpc) is 2.17. The van der Waals surface area contributed by atoms with Crippen molar-refractivity contribution in [1.82, 2.24) is 0 Å². The molecule has 1 rings (SSSR count). The predicted octanol–water partition coefficient (Wildman–Crippen LogP) is 4.23. The van der Waals surface area contributed by atoms with Crippen LogP contribution in [0.15, 0.2) is 24.8 Å². The van der Waals surface area contributed by atoms with E-state index in [2.05, 4.69) is 45.5 Å². The van der Waals surface area contributed by atoms with Crippen molar-refractivity contribution >= 4 is 5.57 Å². The summed E-state index contributed by atoms with van der Waals surface area (Å²) in [5.41, 5.74) is 5.40. The summed E-state index contributed by atoms with van der Waals surface area (Å²) in [6, 6.07) is 6.75. The second kappa shape index (κ2) is 4.99. The molecule has 76 valence electrons. The standard InChI is InChI=1S/C14H20/c1-5-7-13-10-12(6-2)8-9-14(13)11(3)4/h8-10H,3,5-7H2,1-2,4H3. The molecule has 0 bridgehead atoms. The fourth-order valence-electron chi connectivity index (χ4n) is 1.76. The Morgan fingerprint density at radius 1 is 1.29 bits per heavy atom. The third kappa shape index (κ3) is 2.47. The first-order chi connectivity index (χ1) is 6.69. The maximum Gasteiger partial charge on any atom is -0.0201 e. The molecule has 0 saturated heterocycles. The van der Waals surface area contributed by atoms with Crippen LogP contribution in [-0.2, 0) is 12.8 Å². The smallest absolute Gasteiger partial charge is 0.0201 e. The van der Waals surface area contributed by atoms with E-state index in [-0.39, 0.29) is 0 Å². The van der Waals surface area contributed by atoms with Gasteiger partial charge < -0.3 is 0 Å². The van der Waals surface area contributed by atoms with Gasteiger partial charge in [-0.15, -0.1) is 0 Å². The molecular weight excluding hydrogens is 168 g/mol. The summed E-state index contributed by atoms with van der Waals surface area (Å²) < 4.78 is 0. The van der Waals surface area contributed by atoms with Gasteiger partial charge in [-0.05, 0) is 36.5 Å². The van der Waals surface area contributed by atoms with Crippen LogP contribution in [0.5, 0.6) is 0 Å². The van der Waals surface area contributed by atoms with Crippen LogP contribution in [0.2, 0.25) is 0 Å². The van der Waals surface area contributed by atoms with Crippen molar-refractivity contribution in [3.8, 4) is 0 Å². The van der Waals surface area contributed by atoms with Gasteiger partial charge in [-0.1, -0.05) is 50.6 Å². The molecule has 0 saturated carbocycles. The molecule has 1 aromatic rings. The Labute approximate surface area is 87.7 Å². The molecule has 0 aliphatic rings. The van der Waals surface area contributed by atoms with Crippen molar-refractivity contribution < 1.29 is 0 Å². The average molecular weight is 188 g/mol. The highest BCUT2D eigenvalue weighted by atomic mass is 14.1. The highest BCUT2D eigenvalue weighted by Crippen LogP contribution is 2.20. The van der Waals surface area contributed by atoms with Gasteiger partial charge in [0.25, 0.3) is 0 Å². The summed E-state index contributed by atoms with van der Waals surface area (Å²) in [5, 5.41) is 0. The van der Waals surface area contributed by atoms with Crippen molar-refractivity contribution in [3.63, 3.8) is 0 Å². The van der Waals surface area contributed by atoms with Crippen LogP contribution >= 0.6 is 0 Å². The third-order valence-electron chi connectivity index (χ3n) is 2.56. The largest absolute Gasteiger partial charge is 0.0955 e. The zero-order valence-corrected chi connectivity index (χ0v) is 9.56. The Bertz CT molecular complexity index is 321.